The summed E-state index contributed by atoms with van der Waals surface area (Å²) in [5, 5.41) is 2.91. The number of rotatable bonds is 3. The third-order valence-corrected chi connectivity index (χ3v) is 4.55. The van der Waals surface area contributed by atoms with Gasteiger partial charge in [0.05, 0.1) is 12.0 Å². The average Bonchev–Trinajstić information content (AvgIpc) is 3.00. The van der Waals surface area contributed by atoms with Gasteiger partial charge in [-0.25, -0.2) is 0 Å². The molecule has 0 fully saturated rings. The van der Waals surface area contributed by atoms with Crippen molar-refractivity contribution in [3.8, 4) is 5.75 Å². The molecule has 1 aliphatic rings. The molecule has 1 aliphatic carbocycles. The van der Waals surface area contributed by atoms with Crippen LogP contribution in [0.2, 0.25) is 0 Å². The molecule has 98 valence electrons. The third-order valence-electron chi connectivity index (χ3n) is 3.32. The summed E-state index contributed by atoms with van der Waals surface area (Å²) in [5.74, 6) is 0.762. The van der Waals surface area contributed by atoms with E-state index >= 15 is 0 Å². The SMILES string of the molecule is COc1ccc(NC(=O)c2cc3c(s2)CCC3)cc1. The number of fused-ring (bicyclic) bond motifs is 1. The Morgan fingerprint density at radius 3 is 2.74 bits per heavy atom. The van der Waals surface area contributed by atoms with Crippen LogP contribution in [0.15, 0.2) is 30.3 Å². The van der Waals surface area contributed by atoms with E-state index in [4.69, 9.17) is 4.74 Å². The first-order chi connectivity index (χ1) is 9.26. The van der Waals surface area contributed by atoms with Crippen LogP contribution in [0.25, 0.3) is 0 Å². The van der Waals surface area contributed by atoms with Crippen molar-refractivity contribution in [2.75, 3.05) is 12.4 Å². The van der Waals surface area contributed by atoms with Crippen LogP contribution in [-0.2, 0) is 12.8 Å². The van der Waals surface area contributed by atoms with E-state index in [0.29, 0.717) is 0 Å². The van der Waals surface area contributed by atoms with Crippen LogP contribution >= 0.6 is 11.3 Å². The predicted octanol–water partition coefficient (Wildman–Crippen LogP) is 3.50. The first kappa shape index (κ1) is 12.2. The lowest BCUT2D eigenvalue weighted by Crippen LogP contribution is -2.10. The molecule has 0 aliphatic heterocycles. The number of aryl methyl sites for hydroxylation is 2. The van der Waals surface area contributed by atoms with Crippen molar-refractivity contribution in [3.63, 3.8) is 0 Å². The summed E-state index contributed by atoms with van der Waals surface area (Å²) in [7, 11) is 1.63. The van der Waals surface area contributed by atoms with Crippen molar-refractivity contribution in [2.24, 2.45) is 0 Å². The van der Waals surface area contributed by atoms with Gasteiger partial charge in [-0.15, -0.1) is 11.3 Å². The van der Waals surface area contributed by atoms with E-state index in [1.807, 2.05) is 30.3 Å². The predicted molar refractivity (Wildman–Crippen MR) is 77.3 cm³/mol. The summed E-state index contributed by atoms with van der Waals surface area (Å²) in [5.41, 5.74) is 2.14. The Morgan fingerprint density at radius 2 is 2.05 bits per heavy atom. The molecule has 1 N–H and O–H groups in total. The van der Waals surface area contributed by atoms with Crippen molar-refractivity contribution in [2.45, 2.75) is 19.3 Å². The molecule has 0 radical (unpaired) electrons. The van der Waals surface area contributed by atoms with Crippen molar-refractivity contribution in [1.82, 2.24) is 0 Å². The Balaban J connectivity index is 1.72. The van der Waals surface area contributed by atoms with Gasteiger partial charge < -0.3 is 10.1 Å². The van der Waals surface area contributed by atoms with Crippen LogP contribution < -0.4 is 10.1 Å². The number of hydrogen-bond donors (Lipinski definition) is 1. The van der Waals surface area contributed by atoms with E-state index in [-0.39, 0.29) is 5.91 Å². The maximum Gasteiger partial charge on any atom is 0.265 e. The van der Waals surface area contributed by atoms with Gasteiger partial charge in [0.1, 0.15) is 5.75 Å². The standard InChI is InChI=1S/C15H15NO2S/c1-18-12-7-5-11(6-8-12)16-15(17)14-9-10-3-2-4-13(10)19-14/h5-9H,2-4H2,1H3,(H,16,17). The fourth-order valence-electron chi connectivity index (χ4n) is 2.31. The molecule has 1 aromatic heterocycles. The zero-order chi connectivity index (χ0) is 13.2. The normalized spacial score (nSPS) is 13.1. The van der Waals surface area contributed by atoms with Gasteiger partial charge in [0, 0.05) is 10.6 Å². The number of benzene rings is 1. The molecule has 0 bridgehead atoms. The molecule has 0 saturated carbocycles. The van der Waals surface area contributed by atoms with E-state index in [0.717, 1.165) is 29.2 Å². The molecule has 1 aromatic carbocycles. The van der Waals surface area contributed by atoms with Crippen LogP contribution in [0.4, 0.5) is 5.69 Å². The maximum absolute atomic E-state index is 12.1. The number of hydrogen-bond acceptors (Lipinski definition) is 3. The lowest BCUT2D eigenvalue weighted by molar-refractivity contribution is 0.103. The number of thiophene rings is 1. The summed E-state index contributed by atoms with van der Waals surface area (Å²) >= 11 is 1.62. The molecule has 19 heavy (non-hydrogen) atoms. The first-order valence-corrected chi connectivity index (χ1v) is 7.15. The molecule has 1 heterocycles. The monoisotopic (exact) mass is 273 g/mol. The topological polar surface area (TPSA) is 38.3 Å². The summed E-state index contributed by atoms with van der Waals surface area (Å²) in [4.78, 5) is 14.3. The molecule has 3 rings (SSSR count). The number of methoxy groups -OCH3 is 1. The highest BCUT2D eigenvalue weighted by molar-refractivity contribution is 7.14. The van der Waals surface area contributed by atoms with Gasteiger partial charge in [-0.1, -0.05) is 0 Å². The molecule has 0 unspecified atom stereocenters. The van der Waals surface area contributed by atoms with Gasteiger partial charge in [-0.05, 0) is 55.2 Å². The van der Waals surface area contributed by atoms with Crippen LogP contribution in [0.1, 0.15) is 26.5 Å². The number of amides is 1. The highest BCUT2D eigenvalue weighted by atomic mass is 32.1. The Bertz CT molecular complexity index is 580. The summed E-state index contributed by atoms with van der Waals surface area (Å²) < 4.78 is 5.09. The van der Waals surface area contributed by atoms with Crippen LogP contribution in [0.3, 0.4) is 0 Å². The average molecular weight is 273 g/mol. The molecule has 4 heteroatoms. The number of ether oxygens (including phenoxy) is 1. The highest BCUT2D eigenvalue weighted by Gasteiger charge is 2.18. The third kappa shape index (κ3) is 2.49. The zero-order valence-electron chi connectivity index (χ0n) is 10.7. The quantitative estimate of drug-likeness (QED) is 0.929. The Morgan fingerprint density at radius 1 is 1.26 bits per heavy atom. The minimum atomic E-state index is -0.0235. The Kier molecular flexibility index (Phi) is 3.25. The number of nitrogens with one attached hydrogen (secondary N) is 1. The highest BCUT2D eigenvalue weighted by Crippen LogP contribution is 2.31. The largest absolute Gasteiger partial charge is 0.497 e. The van der Waals surface area contributed by atoms with Gasteiger partial charge in [-0.2, -0.15) is 0 Å². The fraction of sp³-hybridized carbons (Fsp3) is 0.267. The molecule has 3 nitrogen and oxygen atoms in total. The van der Waals surface area contributed by atoms with Gasteiger partial charge in [0.15, 0.2) is 0 Å². The van der Waals surface area contributed by atoms with Crippen LogP contribution in [0.5, 0.6) is 5.75 Å². The van der Waals surface area contributed by atoms with Gasteiger partial charge in [0.25, 0.3) is 5.91 Å². The summed E-state index contributed by atoms with van der Waals surface area (Å²) in [6.07, 6.45) is 3.46. The second-order valence-corrected chi connectivity index (χ2v) is 5.73. The van der Waals surface area contributed by atoms with Crippen molar-refractivity contribution < 1.29 is 9.53 Å². The second-order valence-electron chi connectivity index (χ2n) is 4.60. The molecular weight excluding hydrogens is 258 g/mol. The lowest BCUT2D eigenvalue weighted by atomic mass is 10.2. The lowest BCUT2D eigenvalue weighted by Gasteiger charge is -2.04. The first-order valence-electron chi connectivity index (χ1n) is 6.33. The summed E-state index contributed by atoms with van der Waals surface area (Å²) in [6.45, 7) is 0. The zero-order valence-corrected chi connectivity index (χ0v) is 11.5. The fourth-order valence-corrected chi connectivity index (χ4v) is 3.46. The minimum absolute atomic E-state index is 0.0235. The number of carbonyl (C=O) groups excluding carboxylic acids is 1. The number of carbonyl (C=O) groups is 1. The van der Waals surface area contributed by atoms with Gasteiger partial charge in [0.2, 0.25) is 0 Å². The van der Waals surface area contributed by atoms with E-state index in [1.165, 1.54) is 16.9 Å². The molecule has 2 aromatic rings. The van der Waals surface area contributed by atoms with Crippen molar-refractivity contribution in [1.29, 1.82) is 0 Å². The Hall–Kier alpha value is -1.81. The van der Waals surface area contributed by atoms with E-state index in [9.17, 15) is 4.79 Å². The van der Waals surface area contributed by atoms with Crippen LogP contribution in [0, 0.1) is 0 Å². The minimum Gasteiger partial charge on any atom is -0.497 e. The van der Waals surface area contributed by atoms with E-state index in [2.05, 4.69) is 5.32 Å². The van der Waals surface area contributed by atoms with Crippen LogP contribution in [-0.4, -0.2) is 13.0 Å². The van der Waals surface area contributed by atoms with Crippen molar-refractivity contribution in [3.05, 3.63) is 45.6 Å². The molecule has 0 spiro atoms. The maximum atomic E-state index is 12.1. The van der Waals surface area contributed by atoms with E-state index < -0.39 is 0 Å². The van der Waals surface area contributed by atoms with Crippen molar-refractivity contribution >= 4 is 22.9 Å². The Labute approximate surface area is 116 Å². The molecule has 0 saturated heterocycles. The molecule has 1 amide bonds. The molecular formula is C15H15NO2S. The molecule has 0 atom stereocenters. The number of anilines is 1. The smallest absolute Gasteiger partial charge is 0.265 e. The second kappa shape index (κ2) is 5.05. The van der Waals surface area contributed by atoms with Gasteiger partial charge >= 0.3 is 0 Å². The van der Waals surface area contributed by atoms with Gasteiger partial charge in [-0.3, -0.25) is 4.79 Å². The van der Waals surface area contributed by atoms with E-state index in [1.54, 1.807) is 18.4 Å². The summed E-state index contributed by atoms with van der Waals surface area (Å²) in [6, 6.07) is 9.40.